The molecular formula is C18H23NO2. The van der Waals surface area contributed by atoms with Gasteiger partial charge in [0.05, 0.1) is 6.61 Å². The Hall–Kier alpha value is -1.79. The molecule has 3 nitrogen and oxygen atoms in total. The van der Waals surface area contributed by atoms with E-state index in [9.17, 15) is 4.79 Å². The van der Waals surface area contributed by atoms with Crippen molar-refractivity contribution in [2.45, 2.75) is 45.6 Å². The molecule has 0 bridgehead atoms. The van der Waals surface area contributed by atoms with Crippen LogP contribution in [0.3, 0.4) is 0 Å². The molecular weight excluding hydrogens is 262 g/mol. The summed E-state index contributed by atoms with van der Waals surface area (Å²) in [6, 6.07) is 5.60. The summed E-state index contributed by atoms with van der Waals surface area (Å²) in [5, 5.41) is 11.9. The molecule has 0 atom stereocenters. The van der Waals surface area contributed by atoms with Crippen LogP contribution in [-0.4, -0.2) is 23.2 Å². The first kappa shape index (κ1) is 15.6. The van der Waals surface area contributed by atoms with Gasteiger partial charge in [-0.05, 0) is 57.2 Å². The van der Waals surface area contributed by atoms with Gasteiger partial charge >= 0.3 is 0 Å². The van der Waals surface area contributed by atoms with Gasteiger partial charge in [0.1, 0.15) is 0 Å². The molecule has 1 aliphatic carbocycles. The first-order valence-corrected chi connectivity index (χ1v) is 7.47. The fraction of sp³-hybridized carbons (Fsp3) is 0.500. The molecule has 0 aromatic heterocycles. The molecule has 112 valence electrons. The number of aliphatic hydroxyl groups is 1. The van der Waals surface area contributed by atoms with Crippen molar-refractivity contribution in [2.75, 3.05) is 6.61 Å². The number of carbonyl (C=O) groups is 1. The molecule has 1 aliphatic rings. The van der Waals surface area contributed by atoms with Crippen molar-refractivity contribution in [2.24, 2.45) is 5.92 Å². The molecule has 21 heavy (non-hydrogen) atoms. The largest absolute Gasteiger partial charge is 0.395 e. The second kappa shape index (κ2) is 6.32. The van der Waals surface area contributed by atoms with Gasteiger partial charge in [0.2, 0.25) is 0 Å². The maximum atomic E-state index is 12.5. The highest BCUT2D eigenvalue weighted by molar-refractivity contribution is 5.96. The Kier molecular flexibility index (Phi) is 4.69. The van der Waals surface area contributed by atoms with E-state index in [0.717, 1.165) is 11.1 Å². The van der Waals surface area contributed by atoms with E-state index in [-0.39, 0.29) is 18.1 Å². The zero-order valence-electron chi connectivity index (χ0n) is 13.0. The van der Waals surface area contributed by atoms with E-state index in [2.05, 4.69) is 31.0 Å². The smallest absolute Gasteiger partial charge is 0.252 e. The third-order valence-electron chi connectivity index (χ3n) is 4.07. The van der Waals surface area contributed by atoms with Gasteiger partial charge in [0.15, 0.2) is 0 Å². The Morgan fingerprint density at radius 3 is 2.76 bits per heavy atom. The lowest BCUT2D eigenvalue weighted by atomic mass is 9.96. The summed E-state index contributed by atoms with van der Waals surface area (Å²) >= 11 is 0. The van der Waals surface area contributed by atoms with E-state index in [4.69, 9.17) is 5.11 Å². The number of benzene rings is 1. The van der Waals surface area contributed by atoms with Crippen molar-refractivity contribution in [1.82, 2.24) is 5.32 Å². The molecule has 1 saturated carbocycles. The normalized spacial score (nSPS) is 14.3. The lowest BCUT2D eigenvalue weighted by Gasteiger charge is -2.26. The first-order chi connectivity index (χ1) is 9.95. The Balaban J connectivity index is 2.18. The zero-order valence-corrected chi connectivity index (χ0v) is 13.0. The monoisotopic (exact) mass is 285 g/mol. The Bertz CT molecular complexity index is 589. The zero-order chi connectivity index (χ0) is 15.5. The van der Waals surface area contributed by atoms with Gasteiger partial charge in [-0.15, -0.1) is 0 Å². The van der Waals surface area contributed by atoms with Crippen LogP contribution in [0, 0.1) is 24.7 Å². The van der Waals surface area contributed by atoms with E-state index < -0.39 is 0 Å². The molecule has 1 amide bonds. The van der Waals surface area contributed by atoms with E-state index >= 15 is 0 Å². The summed E-state index contributed by atoms with van der Waals surface area (Å²) in [6.07, 6.45) is 2.84. The van der Waals surface area contributed by atoms with E-state index in [1.165, 1.54) is 12.8 Å². The number of rotatable bonds is 4. The van der Waals surface area contributed by atoms with Crippen molar-refractivity contribution in [3.63, 3.8) is 0 Å². The van der Waals surface area contributed by atoms with Crippen LogP contribution < -0.4 is 5.32 Å². The van der Waals surface area contributed by atoms with E-state index in [1.807, 2.05) is 25.1 Å². The first-order valence-electron chi connectivity index (χ1n) is 7.47. The van der Waals surface area contributed by atoms with Crippen molar-refractivity contribution < 1.29 is 9.90 Å². The summed E-state index contributed by atoms with van der Waals surface area (Å²) < 4.78 is 0. The fourth-order valence-corrected chi connectivity index (χ4v) is 2.50. The lowest BCUT2D eigenvalue weighted by Crippen LogP contribution is -2.45. The van der Waals surface area contributed by atoms with Crippen LogP contribution in [0.2, 0.25) is 0 Å². The quantitative estimate of drug-likeness (QED) is 0.836. The number of aliphatic hydroxyl groups excluding tert-OH is 1. The molecule has 0 radical (unpaired) electrons. The molecule has 1 aromatic carbocycles. The van der Waals surface area contributed by atoms with E-state index in [0.29, 0.717) is 17.9 Å². The summed E-state index contributed by atoms with van der Waals surface area (Å²) in [7, 11) is 0. The molecule has 3 heteroatoms. The van der Waals surface area contributed by atoms with Crippen LogP contribution in [0.25, 0.3) is 0 Å². The third kappa shape index (κ3) is 3.86. The van der Waals surface area contributed by atoms with Gasteiger partial charge in [0.25, 0.3) is 5.91 Å². The van der Waals surface area contributed by atoms with Crippen molar-refractivity contribution in [3.8, 4) is 11.8 Å². The number of hydrogen-bond acceptors (Lipinski definition) is 2. The van der Waals surface area contributed by atoms with Crippen LogP contribution in [0.1, 0.15) is 54.6 Å². The van der Waals surface area contributed by atoms with Gasteiger partial charge in [0, 0.05) is 23.1 Å². The SMILES string of the molecule is Cc1c(C#CCCO)cccc1C(=O)NC(C)(C)C1CC1. The Labute approximate surface area is 126 Å². The maximum Gasteiger partial charge on any atom is 0.252 e. The number of amides is 1. The number of carbonyl (C=O) groups excluding carboxylic acids is 1. The van der Waals surface area contributed by atoms with Crippen molar-refractivity contribution in [3.05, 3.63) is 34.9 Å². The van der Waals surface area contributed by atoms with E-state index in [1.54, 1.807) is 0 Å². The minimum absolute atomic E-state index is 0.0322. The standard InChI is InChI=1S/C18H23NO2/c1-13-14(7-4-5-12-20)8-6-9-16(13)17(21)19-18(2,3)15-10-11-15/h6,8-9,15,20H,5,10-12H2,1-3H3,(H,19,21). The van der Waals surface area contributed by atoms with Crippen LogP contribution in [0.4, 0.5) is 0 Å². The summed E-state index contributed by atoms with van der Waals surface area (Å²) in [5.41, 5.74) is 2.27. The predicted octanol–water partition coefficient (Wildman–Crippen LogP) is 2.65. The van der Waals surface area contributed by atoms with Crippen LogP contribution in [0.15, 0.2) is 18.2 Å². The van der Waals surface area contributed by atoms with Crippen molar-refractivity contribution >= 4 is 5.91 Å². The van der Waals surface area contributed by atoms with Gasteiger partial charge < -0.3 is 10.4 Å². The molecule has 0 spiro atoms. The Morgan fingerprint density at radius 1 is 1.43 bits per heavy atom. The van der Waals surface area contributed by atoms with Crippen LogP contribution in [-0.2, 0) is 0 Å². The molecule has 2 rings (SSSR count). The molecule has 0 heterocycles. The Morgan fingerprint density at radius 2 is 2.14 bits per heavy atom. The minimum atomic E-state index is -0.151. The number of nitrogens with one attached hydrogen (secondary N) is 1. The highest BCUT2D eigenvalue weighted by Crippen LogP contribution is 2.39. The molecule has 1 fully saturated rings. The third-order valence-corrected chi connectivity index (χ3v) is 4.07. The van der Waals surface area contributed by atoms with Gasteiger partial charge in [-0.1, -0.05) is 17.9 Å². The summed E-state index contributed by atoms with van der Waals surface area (Å²) in [5.74, 6) is 6.48. The van der Waals surface area contributed by atoms with Gasteiger partial charge in [-0.3, -0.25) is 4.79 Å². The second-order valence-electron chi connectivity index (χ2n) is 6.20. The lowest BCUT2D eigenvalue weighted by molar-refractivity contribution is 0.0902. The fourth-order valence-electron chi connectivity index (χ4n) is 2.50. The topological polar surface area (TPSA) is 49.3 Å². The summed E-state index contributed by atoms with van der Waals surface area (Å²) in [6.45, 7) is 6.15. The highest BCUT2D eigenvalue weighted by Gasteiger charge is 2.38. The van der Waals surface area contributed by atoms with Crippen LogP contribution >= 0.6 is 0 Å². The molecule has 2 N–H and O–H groups in total. The average molecular weight is 285 g/mol. The molecule has 0 saturated heterocycles. The maximum absolute atomic E-state index is 12.5. The van der Waals surface area contributed by atoms with Crippen molar-refractivity contribution in [1.29, 1.82) is 0 Å². The predicted molar refractivity (Wildman–Crippen MR) is 84.0 cm³/mol. The van der Waals surface area contributed by atoms with Gasteiger partial charge in [-0.25, -0.2) is 0 Å². The van der Waals surface area contributed by atoms with Crippen LogP contribution in [0.5, 0.6) is 0 Å². The number of hydrogen-bond donors (Lipinski definition) is 2. The average Bonchev–Trinajstić information content (AvgIpc) is 3.25. The molecule has 0 aliphatic heterocycles. The molecule has 1 aromatic rings. The minimum Gasteiger partial charge on any atom is -0.395 e. The molecule has 0 unspecified atom stereocenters. The van der Waals surface area contributed by atoms with Gasteiger partial charge in [-0.2, -0.15) is 0 Å². The summed E-state index contributed by atoms with van der Waals surface area (Å²) in [4.78, 5) is 12.5. The second-order valence-corrected chi connectivity index (χ2v) is 6.20. The highest BCUT2D eigenvalue weighted by atomic mass is 16.2.